The van der Waals surface area contributed by atoms with Crippen LogP contribution in [0.1, 0.15) is 13.8 Å². The summed E-state index contributed by atoms with van der Waals surface area (Å²) < 4.78 is 6.11. The Bertz CT molecular complexity index is 1420. The Kier molecular flexibility index (Phi) is 7.94. The van der Waals surface area contributed by atoms with Crippen LogP contribution in [0.25, 0.3) is 44.3 Å². The number of benzene rings is 3. The van der Waals surface area contributed by atoms with Crippen molar-refractivity contribution in [3.05, 3.63) is 103 Å². The fraction of sp³-hybridized carbons (Fsp3) is 0.0714. The molecule has 0 spiro atoms. The molecule has 5 aromatic rings. The van der Waals surface area contributed by atoms with Crippen LogP contribution >= 0.6 is 0 Å². The summed E-state index contributed by atoms with van der Waals surface area (Å²) in [7, 11) is 0. The molecule has 2 heterocycles. The molecule has 3 aromatic carbocycles. The number of fused-ring (bicyclic) bond motifs is 3. The molecule has 0 amide bonds. The van der Waals surface area contributed by atoms with Crippen molar-refractivity contribution in [1.29, 1.82) is 0 Å². The number of nitrogens with zero attached hydrogens (tertiary/aromatic N) is 1. The van der Waals surface area contributed by atoms with Crippen LogP contribution in [0.15, 0.2) is 101 Å². The van der Waals surface area contributed by atoms with Gasteiger partial charge in [0.2, 0.25) is 0 Å². The summed E-state index contributed by atoms with van der Waals surface area (Å²) in [5.41, 5.74) is 5.78. The average molecular weight is 613 g/mol. The molecule has 167 valence electrons. The van der Waals surface area contributed by atoms with Crippen molar-refractivity contribution in [2.75, 3.05) is 0 Å². The minimum absolute atomic E-state index is 0. The minimum atomic E-state index is -0.125. The van der Waals surface area contributed by atoms with Crippen molar-refractivity contribution in [3.8, 4) is 22.4 Å². The van der Waals surface area contributed by atoms with Gasteiger partial charge in [-0.1, -0.05) is 65.5 Å². The topological polar surface area (TPSA) is 63.3 Å². The Balaban J connectivity index is 0.000000337. The van der Waals surface area contributed by atoms with Crippen LogP contribution in [0.3, 0.4) is 0 Å². The van der Waals surface area contributed by atoms with E-state index in [9.17, 15) is 4.79 Å². The van der Waals surface area contributed by atoms with Crippen molar-refractivity contribution in [3.63, 3.8) is 0 Å². The van der Waals surface area contributed by atoms with E-state index in [2.05, 4.69) is 35.3 Å². The number of carbonyl (C=O) groups excluding carboxylic acids is 1. The van der Waals surface area contributed by atoms with E-state index in [1.807, 2.05) is 60.8 Å². The number of para-hydroxylation sites is 1. The Hall–Kier alpha value is -3.53. The summed E-state index contributed by atoms with van der Waals surface area (Å²) in [5.74, 6) is -0.0625. The number of hydrogen-bond acceptors (Lipinski definition) is 4. The second-order valence-electron chi connectivity index (χ2n) is 7.39. The van der Waals surface area contributed by atoms with Crippen molar-refractivity contribution in [2.45, 2.75) is 13.8 Å². The Morgan fingerprint density at radius 3 is 2.36 bits per heavy atom. The predicted molar refractivity (Wildman–Crippen MR) is 128 cm³/mol. The summed E-state index contributed by atoms with van der Waals surface area (Å²) >= 11 is 0. The van der Waals surface area contributed by atoms with Gasteiger partial charge in [0.05, 0.1) is 11.3 Å². The molecule has 0 atom stereocenters. The van der Waals surface area contributed by atoms with Gasteiger partial charge in [-0.25, -0.2) is 0 Å². The molecule has 0 fully saturated rings. The zero-order valence-electron chi connectivity index (χ0n) is 18.2. The molecule has 0 unspecified atom stereocenters. The quantitative estimate of drug-likeness (QED) is 0.134. The maximum Gasteiger partial charge on any atom is 0.155 e. The summed E-state index contributed by atoms with van der Waals surface area (Å²) in [6.45, 7) is 2.85. The Labute approximate surface area is 205 Å². The van der Waals surface area contributed by atoms with Crippen molar-refractivity contribution in [1.82, 2.24) is 4.98 Å². The second kappa shape index (κ2) is 10.9. The molecule has 5 rings (SSSR count). The number of hydrogen-bond donors (Lipinski definition) is 1. The normalized spacial score (nSPS) is 10.9. The standard InChI is InChI=1S/C23H14NO.C5H8O2.Ir/c1-2-7-16(8-3-1)17-13-14-24-21(15-17)20-11-6-10-19-18-9-4-5-12-22(18)25-23(19)20;1-4(6)3-5(2)7;/h1-10,12-15H;3,6H,1-2H3;/q-1;;. The van der Waals surface area contributed by atoms with Crippen molar-refractivity contribution < 1.29 is 34.4 Å². The van der Waals surface area contributed by atoms with Gasteiger partial charge in [-0.05, 0) is 42.8 Å². The van der Waals surface area contributed by atoms with Gasteiger partial charge in [0.1, 0.15) is 5.58 Å². The van der Waals surface area contributed by atoms with Gasteiger partial charge in [0.25, 0.3) is 0 Å². The number of aromatic nitrogens is 1. The van der Waals surface area contributed by atoms with Crippen LogP contribution in [0.5, 0.6) is 0 Å². The molecule has 0 saturated heterocycles. The van der Waals surface area contributed by atoms with Crippen LogP contribution < -0.4 is 0 Å². The van der Waals surface area contributed by atoms with Gasteiger partial charge in [0, 0.05) is 37.8 Å². The zero-order valence-corrected chi connectivity index (χ0v) is 20.6. The molecule has 0 aliphatic carbocycles. The molecule has 4 nitrogen and oxygen atoms in total. The van der Waals surface area contributed by atoms with Gasteiger partial charge in [0.15, 0.2) is 5.78 Å². The van der Waals surface area contributed by atoms with E-state index in [4.69, 9.17) is 9.52 Å². The summed E-state index contributed by atoms with van der Waals surface area (Å²) in [6.07, 6.45) is 3.01. The molecule has 2 aromatic heterocycles. The molecule has 0 bridgehead atoms. The number of ketones is 1. The number of rotatable bonds is 3. The molecule has 33 heavy (non-hydrogen) atoms. The first-order valence-electron chi connectivity index (χ1n) is 10.2. The number of aliphatic hydroxyl groups is 1. The first-order chi connectivity index (χ1) is 15.5. The van der Waals surface area contributed by atoms with E-state index in [0.29, 0.717) is 0 Å². The molecule has 1 N–H and O–H groups in total. The van der Waals surface area contributed by atoms with Crippen molar-refractivity contribution in [2.24, 2.45) is 0 Å². The fourth-order valence-electron chi connectivity index (χ4n) is 3.55. The van der Waals surface area contributed by atoms with Crippen molar-refractivity contribution >= 4 is 27.7 Å². The molecular weight excluding hydrogens is 591 g/mol. The predicted octanol–water partition coefficient (Wildman–Crippen LogP) is 7.15. The van der Waals surface area contributed by atoms with E-state index in [1.165, 1.54) is 25.5 Å². The number of allylic oxidation sites excluding steroid dienone is 2. The minimum Gasteiger partial charge on any atom is -0.512 e. The smallest absolute Gasteiger partial charge is 0.155 e. The first-order valence-corrected chi connectivity index (χ1v) is 10.2. The largest absolute Gasteiger partial charge is 0.512 e. The maximum absolute atomic E-state index is 10.0. The van der Waals surface area contributed by atoms with Crippen LogP contribution in [0.4, 0.5) is 0 Å². The van der Waals surface area contributed by atoms with Gasteiger partial charge in [-0.3, -0.25) is 4.79 Å². The van der Waals surface area contributed by atoms with E-state index in [1.54, 1.807) is 0 Å². The molecular formula is C28H22IrNO3-. The average Bonchev–Trinajstić information content (AvgIpc) is 3.18. The van der Waals surface area contributed by atoms with E-state index >= 15 is 0 Å². The van der Waals surface area contributed by atoms with Gasteiger partial charge < -0.3 is 14.5 Å². The third-order valence-electron chi connectivity index (χ3n) is 4.87. The fourth-order valence-corrected chi connectivity index (χ4v) is 3.55. The van der Waals surface area contributed by atoms with Crippen LogP contribution in [-0.2, 0) is 24.9 Å². The molecule has 1 radical (unpaired) electrons. The Morgan fingerprint density at radius 1 is 0.939 bits per heavy atom. The first kappa shape index (κ1) is 24.1. The number of aliphatic hydroxyl groups excluding tert-OH is 1. The van der Waals surface area contributed by atoms with E-state index in [-0.39, 0.29) is 31.6 Å². The van der Waals surface area contributed by atoms with E-state index in [0.717, 1.165) is 38.8 Å². The number of furan rings is 1. The molecule has 0 saturated carbocycles. The zero-order chi connectivity index (χ0) is 22.5. The second-order valence-corrected chi connectivity index (χ2v) is 7.39. The van der Waals surface area contributed by atoms with E-state index < -0.39 is 0 Å². The van der Waals surface area contributed by atoms with Crippen LogP contribution in [0.2, 0.25) is 0 Å². The summed E-state index contributed by atoms with van der Waals surface area (Å²) in [4.78, 5) is 14.6. The third kappa shape index (κ3) is 5.64. The maximum atomic E-state index is 10.0. The van der Waals surface area contributed by atoms with Gasteiger partial charge >= 0.3 is 0 Å². The van der Waals surface area contributed by atoms with Crippen LogP contribution in [-0.4, -0.2) is 15.9 Å². The van der Waals surface area contributed by atoms with Gasteiger partial charge in [-0.2, -0.15) is 0 Å². The third-order valence-corrected chi connectivity index (χ3v) is 4.87. The number of carbonyl (C=O) groups is 1. The SMILES string of the molecule is CC(=O)C=C(C)O.[Ir].[c-]1ccc2c(oc3ccccc32)c1-c1cc(-c2ccccc2)ccn1. The number of pyridine rings is 1. The Morgan fingerprint density at radius 2 is 1.67 bits per heavy atom. The van der Waals surface area contributed by atoms with Gasteiger partial charge in [-0.15, -0.1) is 18.2 Å². The monoisotopic (exact) mass is 613 g/mol. The molecule has 0 aliphatic rings. The summed E-state index contributed by atoms with van der Waals surface area (Å²) in [6, 6.07) is 29.8. The molecule has 5 heteroatoms. The summed E-state index contributed by atoms with van der Waals surface area (Å²) in [5, 5.41) is 10.6. The molecule has 0 aliphatic heterocycles. The van der Waals surface area contributed by atoms with Crippen LogP contribution in [0, 0.1) is 6.07 Å².